The summed E-state index contributed by atoms with van der Waals surface area (Å²) in [6.07, 6.45) is 0. The van der Waals surface area contributed by atoms with E-state index < -0.39 is 0 Å². The van der Waals surface area contributed by atoms with E-state index in [0.29, 0.717) is 0 Å². The quantitative estimate of drug-likeness (QED) is 0.205. The van der Waals surface area contributed by atoms with Crippen molar-refractivity contribution in [3.63, 3.8) is 0 Å². The van der Waals surface area contributed by atoms with Crippen molar-refractivity contribution in [2.75, 3.05) is 0 Å². The highest BCUT2D eigenvalue weighted by Gasteiger charge is 2.22. The van der Waals surface area contributed by atoms with Crippen molar-refractivity contribution >= 4 is 75.4 Å². The average molecular weight is 593 g/mol. The molecule has 0 unspecified atom stereocenters. The van der Waals surface area contributed by atoms with Gasteiger partial charge in [-0.3, -0.25) is 4.57 Å². The molecule has 4 nitrogen and oxygen atoms in total. The van der Waals surface area contributed by atoms with Gasteiger partial charge in [0.05, 0.1) is 22.1 Å². The molecule has 0 amide bonds. The molecule has 0 N–H and O–H groups in total. The average Bonchev–Trinajstić information content (AvgIpc) is 3.74. The van der Waals surface area contributed by atoms with Crippen LogP contribution in [0.15, 0.2) is 146 Å². The van der Waals surface area contributed by atoms with Gasteiger partial charge in [0.15, 0.2) is 5.82 Å². The maximum absolute atomic E-state index is 5.49. The van der Waals surface area contributed by atoms with Crippen molar-refractivity contribution in [3.05, 3.63) is 146 Å². The van der Waals surface area contributed by atoms with Gasteiger partial charge < -0.3 is 4.57 Å². The first-order valence-electron chi connectivity index (χ1n) is 15.1. The normalized spacial score (nSPS) is 12.0. The van der Waals surface area contributed by atoms with Crippen LogP contribution in [0.2, 0.25) is 0 Å². The van der Waals surface area contributed by atoms with Gasteiger partial charge in [-0.2, -0.15) is 0 Å². The first kappa shape index (κ1) is 24.6. The van der Waals surface area contributed by atoms with E-state index in [1.807, 2.05) is 6.07 Å². The summed E-state index contributed by atoms with van der Waals surface area (Å²) in [5.74, 6) is 0.838. The molecule has 45 heavy (non-hydrogen) atoms. The van der Waals surface area contributed by atoms with Gasteiger partial charge in [-0.1, -0.05) is 103 Å². The topological polar surface area (TPSA) is 35.6 Å². The Balaban J connectivity index is 1.40. The Hall–Kier alpha value is -5.78. The number of para-hydroxylation sites is 3. The fourth-order valence-corrected chi connectivity index (χ4v) is 7.99. The van der Waals surface area contributed by atoms with Gasteiger partial charge in [0.25, 0.3) is 0 Å². The minimum absolute atomic E-state index is 0.838. The van der Waals surface area contributed by atoms with Crippen LogP contribution in [0.3, 0.4) is 0 Å². The van der Waals surface area contributed by atoms with Gasteiger partial charge in [-0.05, 0) is 42.5 Å². The summed E-state index contributed by atoms with van der Waals surface area (Å²) < 4.78 is 5.91. The molecule has 6 aromatic carbocycles. The molecule has 210 valence electrons. The molecule has 0 aliphatic rings. The largest absolute Gasteiger partial charge is 0.309 e. The number of hydrogen-bond acceptors (Lipinski definition) is 3. The van der Waals surface area contributed by atoms with Crippen LogP contribution in [0.4, 0.5) is 0 Å². The van der Waals surface area contributed by atoms with Crippen molar-refractivity contribution in [3.8, 4) is 22.8 Å². The number of thiophene rings is 1. The van der Waals surface area contributed by atoms with Gasteiger partial charge in [-0.15, -0.1) is 11.3 Å². The summed E-state index contributed by atoms with van der Waals surface area (Å²) in [5.41, 5.74) is 8.58. The van der Waals surface area contributed by atoms with Crippen LogP contribution in [-0.4, -0.2) is 19.1 Å². The molecule has 5 heteroatoms. The van der Waals surface area contributed by atoms with E-state index in [1.54, 1.807) is 11.3 Å². The maximum Gasteiger partial charge on any atom is 0.165 e. The lowest BCUT2D eigenvalue weighted by molar-refractivity contribution is 1.08. The smallest absolute Gasteiger partial charge is 0.165 e. The number of fused-ring (bicyclic) bond motifs is 9. The van der Waals surface area contributed by atoms with E-state index in [4.69, 9.17) is 9.97 Å². The highest BCUT2D eigenvalue weighted by Crippen LogP contribution is 2.42. The predicted octanol–water partition coefficient (Wildman–Crippen LogP) is 10.7. The highest BCUT2D eigenvalue weighted by atomic mass is 32.1. The number of nitrogens with zero attached hydrogens (tertiary/aromatic N) is 4. The summed E-state index contributed by atoms with van der Waals surface area (Å²) in [6.45, 7) is 0. The second-order valence-corrected chi connectivity index (χ2v) is 12.5. The fraction of sp³-hybridized carbons (Fsp3) is 0. The molecule has 0 fully saturated rings. The van der Waals surface area contributed by atoms with E-state index in [2.05, 4.69) is 149 Å². The SMILES string of the molecule is c1ccc(-c2nc3sc4ccccc4c3nc2-n2c3ccccc3c3cc4c5ccccc5n(-c5ccccc5)c4cc32)cc1. The van der Waals surface area contributed by atoms with Crippen LogP contribution < -0.4 is 0 Å². The minimum Gasteiger partial charge on any atom is -0.309 e. The van der Waals surface area contributed by atoms with Crippen molar-refractivity contribution in [2.24, 2.45) is 0 Å². The molecule has 0 saturated heterocycles. The molecule has 4 heterocycles. The van der Waals surface area contributed by atoms with Gasteiger partial charge in [0.2, 0.25) is 0 Å². The van der Waals surface area contributed by atoms with Crippen LogP contribution in [0.5, 0.6) is 0 Å². The molecule has 10 rings (SSSR count). The van der Waals surface area contributed by atoms with Crippen molar-refractivity contribution in [1.82, 2.24) is 19.1 Å². The summed E-state index contributed by atoms with van der Waals surface area (Å²) in [5, 5.41) is 6.01. The predicted molar refractivity (Wildman–Crippen MR) is 189 cm³/mol. The Morgan fingerprint density at radius 2 is 1.02 bits per heavy atom. The van der Waals surface area contributed by atoms with E-state index in [0.717, 1.165) is 55.0 Å². The van der Waals surface area contributed by atoms with Gasteiger partial charge >= 0.3 is 0 Å². The van der Waals surface area contributed by atoms with Crippen molar-refractivity contribution < 1.29 is 0 Å². The summed E-state index contributed by atoms with van der Waals surface area (Å²) in [6, 6.07) is 51.7. The van der Waals surface area contributed by atoms with Crippen LogP contribution in [-0.2, 0) is 0 Å². The van der Waals surface area contributed by atoms with Crippen molar-refractivity contribution in [1.29, 1.82) is 0 Å². The zero-order valence-electron chi connectivity index (χ0n) is 24.1. The van der Waals surface area contributed by atoms with E-state index >= 15 is 0 Å². The molecular formula is C40H24N4S. The number of benzene rings is 6. The third kappa shape index (κ3) is 3.53. The summed E-state index contributed by atoms with van der Waals surface area (Å²) in [7, 11) is 0. The zero-order chi connectivity index (χ0) is 29.5. The van der Waals surface area contributed by atoms with Gasteiger partial charge in [0, 0.05) is 42.9 Å². The molecule has 0 radical (unpaired) electrons. The van der Waals surface area contributed by atoms with Crippen LogP contribution in [0.1, 0.15) is 0 Å². The Morgan fingerprint density at radius 3 is 1.76 bits per heavy atom. The Bertz CT molecular complexity index is 2750. The van der Waals surface area contributed by atoms with Gasteiger partial charge in [-0.25, -0.2) is 9.97 Å². The molecule has 10 aromatic rings. The van der Waals surface area contributed by atoms with E-state index in [1.165, 1.54) is 31.8 Å². The lowest BCUT2D eigenvalue weighted by Gasteiger charge is -2.13. The first-order valence-corrected chi connectivity index (χ1v) is 15.9. The van der Waals surface area contributed by atoms with E-state index in [9.17, 15) is 0 Å². The Labute approximate surface area is 262 Å². The summed E-state index contributed by atoms with van der Waals surface area (Å²) >= 11 is 1.70. The fourth-order valence-electron chi connectivity index (χ4n) is 6.97. The molecule has 0 bridgehead atoms. The lowest BCUT2D eigenvalue weighted by atomic mass is 10.1. The Morgan fingerprint density at radius 1 is 0.444 bits per heavy atom. The van der Waals surface area contributed by atoms with Crippen molar-refractivity contribution in [2.45, 2.75) is 0 Å². The second kappa shape index (κ2) is 9.36. The maximum atomic E-state index is 5.49. The summed E-state index contributed by atoms with van der Waals surface area (Å²) in [4.78, 5) is 11.8. The molecule has 0 saturated carbocycles. The van der Waals surface area contributed by atoms with Crippen LogP contribution in [0.25, 0.3) is 86.8 Å². The number of rotatable bonds is 3. The molecule has 0 atom stereocenters. The standard InChI is InChI=1S/C40H24N4S/c1-3-13-25(14-4-1)37-39(41-38-29-19-9-12-22-36(29)45-40(38)42-37)44-33-21-11-8-18-28(33)31-23-30-27-17-7-10-20-32(27)43(34(30)24-35(31)44)26-15-5-2-6-16-26/h1-24H. The molecule has 0 aliphatic heterocycles. The van der Waals surface area contributed by atoms with Gasteiger partial charge in [0.1, 0.15) is 16.0 Å². The third-order valence-electron chi connectivity index (χ3n) is 8.93. The molecule has 0 aliphatic carbocycles. The Kier molecular flexibility index (Phi) is 5.12. The number of aromatic nitrogens is 4. The highest BCUT2D eigenvalue weighted by molar-refractivity contribution is 7.25. The zero-order valence-corrected chi connectivity index (χ0v) is 24.9. The second-order valence-electron chi connectivity index (χ2n) is 11.4. The minimum atomic E-state index is 0.838. The third-order valence-corrected chi connectivity index (χ3v) is 9.99. The number of hydrogen-bond donors (Lipinski definition) is 0. The lowest BCUT2D eigenvalue weighted by Crippen LogP contribution is -2.03. The molecular weight excluding hydrogens is 569 g/mol. The van der Waals surface area contributed by atoms with E-state index in [-0.39, 0.29) is 0 Å². The monoisotopic (exact) mass is 592 g/mol. The molecule has 4 aromatic heterocycles. The first-order chi connectivity index (χ1) is 22.3. The van der Waals surface area contributed by atoms with Crippen LogP contribution in [0, 0.1) is 0 Å². The van der Waals surface area contributed by atoms with Crippen LogP contribution >= 0.6 is 11.3 Å². The molecule has 0 spiro atoms.